The summed E-state index contributed by atoms with van der Waals surface area (Å²) in [6.45, 7) is 1.79. The van der Waals surface area contributed by atoms with E-state index in [0.717, 1.165) is 10.4 Å². The third-order valence-electron chi connectivity index (χ3n) is 4.36. The molecule has 0 fully saturated rings. The molecule has 0 unspecified atom stereocenters. The fourth-order valence-electron chi connectivity index (χ4n) is 3.09. The SMILES string of the molecule is COC(=O)c1c(C)sc2c1OC(N)=C(C#N)[C@@H]2c1ccc(OC)cc1OC. The Hall–Kier alpha value is -3.18. The standard InChI is InChI=1S/C19H18N2O5S/c1-9-14(19(22)25-4)16-17(27-9)15(12(8-20)18(21)26-16)11-6-5-10(23-2)7-13(11)24-3/h5-7,15H,21H2,1-4H3/t15-/m0/s1. The summed E-state index contributed by atoms with van der Waals surface area (Å²) in [4.78, 5) is 13.6. The van der Waals surface area contributed by atoms with Gasteiger partial charge in [-0.05, 0) is 13.0 Å². The lowest BCUT2D eigenvalue weighted by molar-refractivity contribution is 0.0597. The lowest BCUT2D eigenvalue weighted by Gasteiger charge is -2.25. The van der Waals surface area contributed by atoms with Crippen LogP contribution in [0.25, 0.3) is 0 Å². The predicted octanol–water partition coefficient (Wildman–Crippen LogP) is 3.08. The van der Waals surface area contributed by atoms with E-state index in [0.29, 0.717) is 27.7 Å². The molecule has 8 heteroatoms. The van der Waals surface area contributed by atoms with E-state index in [9.17, 15) is 10.1 Å². The zero-order chi connectivity index (χ0) is 19.7. The largest absolute Gasteiger partial charge is 0.497 e. The van der Waals surface area contributed by atoms with E-state index in [2.05, 4.69) is 6.07 Å². The van der Waals surface area contributed by atoms with Crippen LogP contribution in [0, 0.1) is 18.3 Å². The summed E-state index contributed by atoms with van der Waals surface area (Å²) in [6, 6.07) is 7.45. The van der Waals surface area contributed by atoms with Crippen LogP contribution in [-0.2, 0) is 4.74 Å². The molecule has 140 valence electrons. The molecular formula is C19H18N2O5S. The Morgan fingerprint density at radius 1 is 1.30 bits per heavy atom. The maximum atomic E-state index is 12.2. The first-order chi connectivity index (χ1) is 13.0. The second-order valence-corrected chi connectivity index (χ2v) is 7.01. The number of carbonyl (C=O) groups excluding carboxylic acids is 1. The molecule has 3 rings (SSSR count). The number of nitrogens with zero attached hydrogens (tertiary/aromatic N) is 1. The molecule has 1 aromatic heterocycles. The molecule has 0 aliphatic carbocycles. The number of ether oxygens (including phenoxy) is 4. The van der Waals surface area contributed by atoms with Gasteiger partial charge in [-0.25, -0.2) is 4.79 Å². The van der Waals surface area contributed by atoms with Crippen LogP contribution in [0.4, 0.5) is 0 Å². The maximum absolute atomic E-state index is 12.2. The van der Waals surface area contributed by atoms with Gasteiger partial charge in [0.25, 0.3) is 0 Å². The summed E-state index contributed by atoms with van der Waals surface area (Å²) in [7, 11) is 4.40. The molecule has 7 nitrogen and oxygen atoms in total. The first-order valence-corrected chi connectivity index (χ1v) is 8.79. The van der Waals surface area contributed by atoms with Crippen molar-refractivity contribution in [3.63, 3.8) is 0 Å². The Morgan fingerprint density at radius 3 is 2.63 bits per heavy atom. The van der Waals surface area contributed by atoms with Crippen LogP contribution >= 0.6 is 11.3 Å². The molecule has 2 aromatic rings. The quantitative estimate of drug-likeness (QED) is 0.805. The van der Waals surface area contributed by atoms with Crippen LogP contribution in [-0.4, -0.2) is 27.3 Å². The normalized spacial score (nSPS) is 15.4. The average Bonchev–Trinajstić information content (AvgIpc) is 3.01. The van der Waals surface area contributed by atoms with Crippen LogP contribution in [0.2, 0.25) is 0 Å². The Morgan fingerprint density at radius 2 is 2.04 bits per heavy atom. The number of benzene rings is 1. The first-order valence-electron chi connectivity index (χ1n) is 7.97. The van der Waals surface area contributed by atoms with Crippen molar-refractivity contribution in [2.45, 2.75) is 12.8 Å². The highest BCUT2D eigenvalue weighted by Gasteiger charge is 2.38. The minimum Gasteiger partial charge on any atom is -0.497 e. The van der Waals surface area contributed by atoms with Crippen molar-refractivity contribution < 1.29 is 23.7 Å². The van der Waals surface area contributed by atoms with Crippen LogP contribution < -0.4 is 19.9 Å². The van der Waals surface area contributed by atoms with Crippen molar-refractivity contribution >= 4 is 17.3 Å². The molecule has 2 heterocycles. The van der Waals surface area contributed by atoms with E-state index in [1.807, 2.05) is 6.07 Å². The predicted molar refractivity (Wildman–Crippen MR) is 99.2 cm³/mol. The molecule has 1 atom stereocenters. The number of hydrogen-bond acceptors (Lipinski definition) is 8. The Bertz CT molecular complexity index is 987. The van der Waals surface area contributed by atoms with Crippen molar-refractivity contribution in [1.82, 2.24) is 0 Å². The van der Waals surface area contributed by atoms with Gasteiger partial charge in [-0.3, -0.25) is 0 Å². The number of hydrogen-bond donors (Lipinski definition) is 1. The number of nitrogens with two attached hydrogens (primary N) is 1. The minimum atomic E-state index is -0.526. The molecule has 27 heavy (non-hydrogen) atoms. The molecule has 0 amide bonds. The summed E-state index contributed by atoms with van der Waals surface area (Å²) in [5, 5.41) is 9.69. The van der Waals surface area contributed by atoms with Crippen LogP contribution in [0.1, 0.15) is 31.6 Å². The molecule has 1 aliphatic heterocycles. The molecule has 1 aliphatic rings. The Balaban J connectivity index is 2.27. The molecule has 0 saturated heterocycles. The van der Waals surface area contributed by atoms with Gasteiger partial charge in [0.05, 0.1) is 32.1 Å². The van der Waals surface area contributed by atoms with Gasteiger partial charge < -0.3 is 24.7 Å². The van der Waals surface area contributed by atoms with Crippen LogP contribution in [0.3, 0.4) is 0 Å². The lowest BCUT2D eigenvalue weighted by Crippen LogP contribution is -2.21. The summed E-state index contributed by atoms with van der Waals surface area (Å²) >= 11 is 1.36. The molecule has 0 saturated carbocycles. The molecule has 0 spiro atoms. The highest BCUT2D eigenvalue weighted by molar-refractivity contribution is 7.12. The van der Waals surface area contributed by atoms with E-state index < -0.39 is 11.9 Å². The van der Waals surface area contributed by atoms with Gasteiger partial charge in [0.2, 0.25) is 5.88 Å². The van der Waals surface area contributed by atoms with Gasteiger partial charge in [0.15, 0.2) is 5.75 Å². The number of nitriles is 1. The van der Waals surface area contributed by atoms with E-state index in [4.69, 9.17) is 24.7 Å². The number of carbonyl (C=O) groups is 1. The van der Waals surface area contributed by atoms with Crippen LogP contribution in [0.15, 0.2) is 29.7 Å². The number of esters is 1. The molecule has 0 bridgehead atoms. The third kappa shape index (κ3) is 2.96. The minimum absolute atomic E-state index is 0.0455. The summed E-state index contributed by atoms with van der Waals surface area (Å²) in [6.07, 6.45) is 0. The van der Waals surface area contributed by atoms with Crippen LogP contribution in [0.5, 0.6) is 17.2 Å². The van der Waals surface area contributed by atoms with Gasteiger partial charge in [-0.15, -0.1) is 11.3 Å². The smallest absolute Gasteiger partial charge is 0.342 e. The fourth-order valence-corrected chi connectivity index (χ4v) is 4.29. The molecule has 1 aromatic carbocycles. The topological polar surface area (TPSA) is 104 Å². The number of allylic oxidation sites excluding steroid dienone is 1. The number of aryl methyl sites for hydroxylation is 1. The second kappa shape index (κ2) is 7.21. The van der Waals surface area contributed by atoms with E-state index >= 15 is 0 Å². The zero-order valence-electron chi connectivity index (χ0n) is 15.3. The number of methoxy groups -OCH3 is 3. The van der Waals surface area contributed by atoms with Crippen molar-refractivity contribution in [3.8, 4) is 23.3 Å². The lowest BCUT2D eigenvalue weighted by atomic mass is 9.87. The fraction of sp³-hybridized carbons (Fsp3) is 0.263. The summed E-state index contributed by atoms with van der Waals surface area (Å²) in [5.41, 5.74) is 7.31. The molecular weight excluding hydrogens is 368 g/mol. The van der Waals surface area contributed by atoms with Crippen molar-refractivity contribution in [2.24, 2.45) is 5.73 Å². The van der Waals surface area contributed by atoms with Crippen molar-refractivity contribution in [2.75, 3.05) is 21.3 Å². The number of fused-ring (bicyclic) bond motifs is 1. The van der Waals surface area contributed by atoms with Gasteiger partial charge >= 0.3 is 5.97 Å². The van der Waals surface area contributed by atoms with Gasteiger partial charge in [0, 0.05) is 16.5 Å². The maximum Gasteiger partial charge on any atom is 0.342 e. The molecule has 2 N–H and O–H groups in total. The van der Waals surface area contributed by atoms with Gasteiger partial charge in [-0.1, -0.05) is 6.07 Å². The van der Waals surface area contributed by atoms with E-state index in [-0.39, 0.29) is 11.5 Å². The number of thiophene rings is 1. The summed E-state index contributed by atoms with van der Waals surface area (Å²) < 4.78 is 21.3. The second-order valence-electron chi connectivity index (χ2n) is 5.75. The highest BCUT2D eigenvalue weighted by atomic mass is 32.1. The summed E-state index contributed by atoms with van der Waals surface area (Å²) in [5.74, 6) is 0.397. The molecule has 0 radical (unpaired) electrons. The van der Waals surface area contributed by atoms with E-state index in [1.165, 1.54) is 25.6 Å². The zero-order valence-corrected chi connectivity index (χ0v) is 16.1. The van der Waals surface area contributed by atoms with Gasteiger partial charge in [0.1, 0.15) is 28.7 Å². The highest BCUT2D eigenvalue weighted by Crippen LogP contribution is 2.51. The van der Waals surface area contributed by atoms with Crippen molar-refractivity contribution in [1.29, 1.82) is 5.26 Å². The first kappa shape index (κ1) is 18.6. The van der Waals surface area contributed by atoms with Gasteiger partial charge in [-0.2, -0.15) is 5.26 Å². The van der Waals surface area contributed by atoms with Crippen molar-refractivity contribution in [3.05, 3.63) is 50.5 Å². The monoisotopic (exact) mass is 386 g/mol. The third-order valence-corrected chi connectivity index (χ3v) is 5.51. The number of rotatable bonds is 4. The van der Waals surface area contributed by atoms with E-state index in [1.54, 1.807) is 26.2 Å². The Kier molecular flexibility index (Phi) is 4.97. The average molecular weight is 386 g/mol. The Labute approximate surface area is 160 Å².